The molecular weight excluding hydrogens is 358 g/mol. The van der Waals surface area contributed by atoms with Gasteiger partial charge in [-0.25, -0.2) is 13.4 Å². The lowest BCUT2D eigenvalue weighted by molar-refractivity contribution is 0.0946. The Morgan fingerprint density at radius 1 is 1.38 bits per heavy atom. The molecule has 1 N–H and O–H groups in total. The van der Waals surface area contributed by atoms with Crippen LogP contribution < -0.4 is 10.1 Å². The van der Waals surface area contributed by atoms with Crippen molar-refractivity contribution >= 4 is 15.9 Å². The molecule has 1 aliphatic heterocycles. The molecule has 10 heteroatoms. The molecule has 3 heterocycles. The van der Waals surface area contributed by atoms with Gasteiger partial charge in [0.15, 0.2) is 0 Å². The molecule has 0 spiro atoms. The number of rotatable bonds is 5. The second kappa shape index (κ2) is 7.42. The van der Waals surface area contributed by atoms with Crippen molar-refractivity contribution in [3.8, 4) is 5.88 Å². The molecule has 0 atom stereocenters. The first-order valence-corrected chi connectivity index (χ1v) is 10.0. The molecule has 9 nitrogen and oxygen atoms in total. The van der Waals surface area contributed by atoms with Crippen molar-refractivity contribution in [1.29, 1.82) is 0 Å². The number of aryl methyl sites for hydroxylation is 1. The molecule has 1 amide bonds. The van der Waals surface area contributed by atoms with Gasteiger partial charge in [-0.3, -0.25) is 9.48 Å². The normalized spacial score (nSPS) is 15.2. The summed E-state index contributed by atoms with van der Waals surface area (Å²) < 4.78 is 32.0. The third-order valence-corrected chi connectivity index (χ3v) is 5.39. The van der Waals surface area contributed by atoms with Crippen molar-refractivity contribution in [3.63, 3.8) is 0 Å². The quantitative estimate of drug-likeness (QED) is 0.805. The number of methoxy groups -OCH3 is 1. The fraction of sp³-hybridized carbons (Fsp3) is 0.438. The predicted octanol–water partition coefficient (Wildman–Crippen LogP) is 0.382. The van der Waals surface area contributed by atoms with Crippen molar-refractivity contribution in [2.24, 2.45) is 0 Å². The number of ether oxygens (including phenoxy) is 1. The summed E-state index contributed by atoms with van der Waals surface area (Å²) in [5.41, 5.74) is 1.83. The summed E-state index contributed by atoms with van der Waals surface area (Å²) in [7, 11) is -1.79. The Balaban J connectivity index is 1.70. The Bertz CT molecular complexity index is 909. The van der Waals surface area contributed by atoms with E-state index in [4.69, 9.17) is 4.74 Å². The lowest BCUT2D eigenvalue weighted by atomic mass is 10.2. The molecule has 0 saturated heterocycles. The zero-order valence-electron chi connectivity index (χ0n) is 14.7. The highest BCUT2D eigenvalue weighted by Crippen LogP contribution is 2.17. The monoisotopic (exact) mass is 379 g/mol. The molecule has 3 rings (SSSR count). The fourth-order valence-corrected chi connectivity index (χ4v) is 3.68. The van der Waals surface area contributed by atoms with Crippen LogP contribution in [0.3, 0.4) is 0 Å². The smallest absolute Gasteiger partial charge is 0.257 e. The molecular formula is C16H21N5O4S. The van der Waals surface area contributed by atoms with Crippen LogP contribution >= 0.6 is 0 Å². The molecule has 26 heavy (non-hydrogen) atoms. The van der Waals surface area contributed by atoms with E-state index in [0.29, 0.717) is 30.8 Å². The average Bonchev–Trinajstić information content (AvgIpc) is 2.88. The van der Waals surface area contributed by atoms with E-state index < -0.39 is 10.0 Å². The second-order valence-electron chi connectivity index (χ2n) is 6.04. The van der Waals surface area contributed by atoms with Gasteiger partial charge >= 0.3 is 0 Å². The Labute approximate surface area is 152 Å². The van der Waals surface area contributed by atoms with Gasteiger partial charge in [0.1, 0.15) is 5.56 Å². The molecule has 0 bridgehead atoms. The van der Waals surface area contributed by atoms with Crippen LogP contribution in [-0.4, -0.2) is 53.3 Å². The van der Waals surface area contributed by atoms with Gasteiger partial charge in [0.25, 0.3) is 5.91 Å². The number of aromatic nitrogens is 3. The first-order chi connectivity index (χ1) is 12.4. The van der Waals surface area contributed by atoms with Crippen LogP contribution in [0.25, 0.3) is 0 Å². The summed E-state index contributed by atoms with van der Waals surface area (Å²) in [6.07, 6.45) is 3.46. The summed E-state index contributed by atoms with van der Waals surface area (Å²) in [5, 5.41) is 7.26. The zero-order chi connectivity index (χ0) is 18.7. The third kappa shape index (κ3) is 4.02. The van der Waals surface area contributed by atoms with Gasteiger partial charge in [0.2, 0.25) is 15.9 Å². The van der Waals surface area contributed by atoms with Gasteiger partial charge in [-0.1, -0.05) is 0 Å². The van der Waals surface area contributed by atoms with Crippen molar-refractivity contribution in [3.05, 3.63) is 41.3 Å². The number of sulfonamides is 1. The topological polar surface area (TPSA) is 106 Å². The van der Waals surface area contributed by atoms with Gasteiger partial charge < -0.3 is 10.1 Å². The maximum Gasteiger partial charge on any atom is 0.257 e. The van der Waals surface area contributed by atoms with Crippen LogP contribution in [-0.2, 0) is 29.7 Å². The summed E-state index contributed by atoms with van der Waals surface area (Å²) in [4.78, 5) is 16.3. The Morgan fingerprint density at radius 2 is 2.19 bits per heavy atom. The second-order valence-corrected chi connectivity index (χ2v) is 8.03. The van der Waals surface area contributed by atoms with Crippen LogP contribution in [0.2, 0.25) is 0 Å². The van der Waals surface area contributed by atoms with Crippen molar-refractivity contribution in [2.45, 2.75) is 26.1 Å². The molecule has 0 aromatic carbocycles. The molecule has 140 valence electrons. The maximum atomic E-state index is 12.3. The minimum Gasteiger partial charge on any atom is -0.480 e. The summed E-state index contributed by atoms with van der Waals surface area (Å²) >= 11 is 0. The predicted molar refractivity (Wildman–Crippen MR) is 94.1 cm³/mol. The third-order valence-electron chi connectivity index (χ3n) is 4.14. The Hall–Kier alpha value is -2.46. The van der Waals surface area contributed by atoms with E-state index in [-0.39, 0.29) is 24.9 Å². The van der Waals surface area contributed by atoms with E-state index in [1.165, 1.54) is 17.7 Å². The number of carbonyl (C=O) groups is 1. The lowest BCUT2D eigenvalue weighted by Crippen LogP contribution is -2.29. The molecule has 0 fully saturated rings. The average molecular weight is 379 g/mol. The first kappa shape index (κ1) is 18.3. The van der Waals surface area contributed by atoms with E-state index in [0.717, 1.165) is 5.69 Å². The number of fused-ring (bicyclic) bond motifs is 1. The number of hydrogen-bond donors (Lipinski definition) is 1. The van der Waals surface area contributed by atoms with Crippen molar-refractivity contribution in [2.75, 3.05) is 19.9 Å². The van der Waals surface area contributed by atoms with Crippen LogP contribution in [0.5, 0.6) is 5.88 Å². The summed E-state index contributed by atoms with van der Waals surface area (Å²) in [5.74, 6) is -0.0506. The highest BCUT2D eigenvalue weighted by atomic mass is 32.2. The fourth-order valence-electron chi connectivity index (χ4n) is 2.85. The van der Waals surface area contributed by atoms with Crippen LogP contribution in [0.4, 0.5) is 0 Å². The SMILES string of the molecule is COc1ncccc1C(=O)NCc1cc2n(n1)CCCN(S(C)(=O)=O)C2. The number of amides is 1. The van der Waals surface area contributed by atoms with E-state index >= 15 is 0 Å². The van der Waals surface area contributed by atoms with Gasteiger partial charge in [0.05, 0.1) is 37.8 Å². The van der Waals surface area contributed by atoms with Crippen molar-refractivity contribution in [1.82, 2.24) is 24.4 Å². The van der Waals surface area contributed by atoms with Gasteiger partial charge in [-0.05, 0) is 24.6 Å². The van der Waals surface area contributed by atoms with Gasteiger partial charge in [-0.2, -0.15) is 9.40 Å². The van der Waals surface area contributed by atoms with E-state index in [1.807, 2.05) is 6.07 Å². The highest BCUT2D eigenvalue weighted by Gasteiger charge is 2.23. The minimum absolute atomic E-state index is 0.232. The van der Waals surface area contributed by atoms with Crippen LogP contribution in [0, 0.1) is 0 Å². The molecule has 2 aromatic heterocycles. The number of carbonyl (C=O) groups excluding carboxylic acids is 1. The molecule has 0 unspecified atom stereocenters. The zero-order valence-corrected chi connectivity index (χ0v) is 15.5. The number of nitrogens with zero attached hydrogens (tertiary/aromatic N) is 4. The van der Waals surface area contributed by atoms with Gasteiger partial charge in [-0.15, -0.1) is 0 Å². The number of nitrogens with one attached hydrogen (secondary N) is 1. The van der Waals surface area contributed by atoms with E-state index in [9.17, 15) is 13.2 Å². The molecule has 0 radical (unpaired) electrons. The molecule has 1 aliphatic rings. The van der Waals surface area contributed by atoms with Gasteiger partial charge in [0, 0.05) is 19.3 Å². The maximum absolute atomic E-state index is 12.3. The standard InChI is InChI=1S/C16H21N5O4S/c1-25-16-14(5-3-6-17-16)15(22)18-10-12-9-13-11-20(26(2,23)24)7-4-8-21(13)19-12/h3,5-6,9H,4,7-8,10-11H2,1-2H3,(H,18,22). The summed E-state index contributed by atoms with van der Waals surface area (Å²) in [6, 6.07) is 5.12. The lowest BCUT2D eigenvalue weighted by Gasteiger charge is -2.16. The molecule has 0 saturated carbocycles. The van der Waals surface area contributed by atoms with Crippen LogP contribution in [0.1, 0.15) is 28.2 Å². The summed E-state index contributed by atoms with van der Waals surface area (Å²) in [6.45, 7) is 1.65. The van der Waals surface area contributed by atoms with Crippen molar-refractivity contribution < 1.29 is 17.9 Å². The number of pyridine rings is 1. The Kier molecular flexibility index (Phi) is 5.23. The molecule has 2 aromatic rings. The minimum atomic E-state index is -3.25. The molecule has 0 aliphatic carbocycles. The van der Waals surface area contributed by atoms with E-state index in [2.05, 4.69) is 15.4 Å². The van der Waals surface area contributed by atoms with Crippen LogP contribution in [0.15, 0.2) is 24.4 Å². The Morgan fingerprint density at radius 3 is 2.92 bits per heavy atom. The number of hydrogen-bond acceptors (Lipinski definition) is 6. The first-order valence-electron chi connectivity index (χ1n) is 8.16. The van der Waals surface area contributed by atoms with E-state index in [1.54, 1.807) is 23.0 Å². The highest BCUT2D eigenvalue weighted by molar-refractivity contribution is 7.88. The largest absolute Gasteiger partial charge is 0.480 e.